The third kappa shape index (κ3) is 2.15. The Morgan fingerprint density at radius 1 is 1.21 bits per heavy atom. The minimum Gasteiger partial charge on any atom is -0.394 e. The summed E-state index contributed by atoms with van der Waals surface area (Å²) in [6.45, 7) is -0.478. The van der Waals surface area contributed by atoms with Crippen LogP contribution in [0.4, 0.5) is 0 Å². The zero-order valence-electron chi connectivity index (χ0n) is 7.15. The molecule has 1 unspecified atom stereocenters. The number of hydrogen-bond donors (Lipinski definition) is 4. The van der Waals surface area contributed by atoms with Crippen LogP contribution in [0.5, 0.6) is 0 Å². The first-order chi connectivity index (χ1) is 6.61. The van der Waals surface area contributed by atoms with Crippen LogP contribution in [0.15, 0.2) is 4.99 Å². The molecule has 5 atom stereocenters. The molecule has 1 aliphatic rings. The lowest BCUT2D eigenvalue weighted by atomic mass is 9.99. The van der Waals surface area contributed by atoms with E-state index in [1.54, 1.807) is 0 Å². The first-order valence-electron chi connectivity index (χ1n) is 3.99. The molecule has 1 heterocycles. The molecular formula is C7H11NO5S. The molecule has 0 radical (unpaired) electrons. The van der Waals surface area contributed by atoms with E-state index in [1.165, 1.54) is 0 Å². The van der Waals surface area contributed by atoms with Crippen molar-refractivity contribution in [2.24, 2.45) is 4.99 Å². The van der Waals surface area contributed by atoms with Crippen LogP contribution in [-0.2, 0) is 4.74 Å². The number of aliphatic hydroxyl groups is 4. The van der Waals surface area contributed by atoms with Gasteiger partial charge in [-0.15, -0.1) is 0 Å². The fourth-order valence-electron chi connectivity index (χ4n) is 1.24. The number of rotatable bonds is 2. The lowest BCUT2D eigenvalue weighted by Crippen LogP contribution is -2.57. The molecular weight excluding hydrogens is 210 g/mol. The van der Waals surface area contributed by atoms with Crippen molar-refractivity contribution in [3.8, 4) is 0 Å². The highest BCUT2D eigenvalue weighted by Gasteiger charge is 2.43. The zero-order valence-corrected chi connectivity index (χ0v) is 7.96. The van der Waals surface area contributed by atoms with Gasteiger partial charge in [-0.1, -0.05) is 0 Å². The summed E-state index contributed by atoms with van der Waals surface area (Å²) in [4.78, 5) is 3.46. The Morgan fingerprint density at radius 3 is 2.36 bits per heavy atom. The largest absolute Gasteiger partial charge is 0.394 e. The molecule has 1 aliphatic heterocycles. The monoisotopic (exact) mass is 221 g/mol. The topological polar surface area (TPSA) is 103 Å². The van der Waals surface area contributed by atoms with Crippen LogP contribution in [-0.4, -0.2) is 62.8 Å². The van der Waals surface area contributed by atoms with Gasteiger partial charge >= 0.3 is 0 Å². The molecule has 1 fully saturated rings. The summed E-state index contributed by atoms with van der Waals surface area (Å²) < 4.78 is 4.97. The Kier molecular flexibility index (Phi) is 4.09. The molecule has 1 saturated heterocycles. The second kappa shape index (κ2) is 4.90. The van der Waals surface area contributed by atoms with E-state index in [1.807, 2.05) is 5.16 Å². The molecule has 0 amide bonds. The van der Waals surface area contributed by atoms with Gasteiger partial charge in [-0.2, -0.15) is 4.99 Å². The van der Waals surface area contributed by atoms with E-state index < -0.39 is 37.3 Å². The molecule has 6 nitrogen and oxygen atoms in total. The first-order valence-corrected chi connectivity index (χ1v) is 4.40. The Balaban J connectivity index is 2.77. The summed E-state index contributed by atoms with van der Waals surface area (Å²) in [7, 11) is 0. The molecule has 14 heavy (non-hydrogen) atoms. The number of ether oxygens (including phenoxy) is 1. The lowest BCUT2D eigenvalue weighted by molar-refractivity contribution is -0.226. The third-order valence-corrected chi connectivity index (χ3v) is 2.15. The molecule has 4 N–H and O–H groups in total. The van der Waals surface area contributed by atoms with Crippen LogP contribution in [0.2, 0.25) is 0 Å². The molecule has 7 heteroatoms. The number of thiocarbonyl (C=S) groups is 1. The third-order valence-electron chi connectivity index (χ3n) is 2.05. The second-order valence-electron chi connectivity index (χ2n) is 2.94. The molecule has 0 aromatic rings. The van der Waals surface area contributed by atoms with E-state index in [0.717, 1.165) is 0 Å². The van der Waals surface area contributed by atoms with Crippen molar-refractivity contribution in [3.05, 3.63) is 0 Å². The summed E-state index contributed by atoms with van der Waals surface area (Å²) in [5, 5.41) is 38.8. The van der Waals surface area contributed by atoms with Crippen molar-refractivity contribution in [2.75, 3.05) is 6.61 Å². The predicted octanol–water partition coefficient (Wildman–Crippen LogP) is -2.11. The van der Waals surface area contributed by atoms with Gasteiger partial charge in [0.15, 0.2) is 6.23 Å². The summed E-state index contributed by atoms with van der Waals surface area (Å²) >= 11 is 4.31. The van der Waals surface area contributed by atoms with Crippen LogP contribution < -0.4 is 0 Å². The molecule has 0 aliphatic carbocycles. The van der Waals surface area contributed by atoms with Crippen molar-refractivity contribution in [1.82, 2.24) is 0 Å². The second-order valence-corrected chi connectivity index (χ2v) is 3.12. The molecule has 0 saturated carbocycles. The van der Waals surface area contributed by atoms with Crippen LogP contribution in [0, 0.1) is 0 Å². The maximum atomic E-state index is 9.36. The van der Waals surface area contributed by atoms with Crippen LogP contribution in [0.3, 0.4) is 0 Å². The number of isothiocyanates is 1. The van der Waals surface area contributed by atoms with Crippen LogP contribution >= 0.6 is 12.2 Å². The van der Waals surface area contributed by atoms with Gasteiger partial charge in [0.1, 0.15) is 24.4 Å². The summed E-state index contributed by atoms with van der Waals surface area (Å²) in [6.07, 6.45) is -6.21. The van der Waals surface area contributed by atoms with Gasteiger partial charge in [-0.05, 0) is 12.2 Å². The van der Waals surface area contributed by atoms with Gasteiger partial charge in [-0.3, -0.25) is 0 Å². The number of hydrogen-bond acceptors (Lipinski definition) is 7. The Hall–Kier alpha value is -0.400. The van der Waals surface area contributed by atoms with E-state index in [9.17, 15) is 15.3 Å². The van der Waals surface area contributed by atoms with Crippen LogP contribution in [0.1, 0.15) is 0 Å². The van der Waals surface area contributed by atoms with E-state index in [4.69, 9.17) is 9.84 Å². The Bertz CT molecular complexity index is 242. The average Bonchev–Trinajstić information content (AvgIpc) is 2.19. The number of nitrogens with zero attached hydrogens (tertiary/aromatic N) is 1. The minimum absolute atomic E-state index is 0.478. The van der Waals surface area contributed by atoms with Gasteiger partial charge in [0.2, 0.25) is 0 Å². The smallest absolute Gasteiger partial charge is 0.186 e. The Morgan fingerprint density at radius 2 is 1.86 bits per heavy atom. The molecule has 0 aromatic heterocycles. The van der Waals surface area contributed by atoms with Gasteiger partial charge in [0.05, 0.1) is 11.8 Å². The maximum Gasteiger partial charge on any atom is 0.186 e. The highest BCUT2D eigenvalue weighted by molar-refractivity contribution is 7.78. The molecule has 1 rings (SSSR count). The van der Waals surface area contributed by atoms with E-state index in [2.05, 4.69) is 17.2 Å². The van der Waals surface area contributed by atoms with E-state index in [0.29, 0.717) is 0 Å². The average molecular weight is 221 g/mol. The Labute approximate surface area is 85.5 Å². The fourth-order valence-corrected chi connectivity index (χ4v) is 1.34. The van der Waals surface area contributed by atoms with Crippen molar-refractivity contribution in [3.63, 3.8) is 0 Å². The lowest BCUT2D eigenvalue weighted by Gasteiger charge is -2.37. The summed E-state index contributed by atoms with van der Waals surface area (Å²) in [5.41, 5.74) is 0. The van der Waals surface area contributed by atoms with Crippen molar-refractivity contribution < 1.29 is 25.2 Å². The minimum atomic E-state index is -1.42. The molecule has 0 aromatic carbocycles. The van der Waals surface area contributed by atoms with Gasteiger partial charge in [0.25, 0.3) is 0 Å². The number of aliphatic imine (C=N–C) groups is 1. The van der Waals surface area contributed by atoms with Gasteiger partial charge in [-0.25, -0.2) is 0 Å². The van der Waals surface area contributed by atoms with E-state index in [-0.39, 0.29) is 0 Å². The molecule has 80 valence electrons. The standard InChI is InChI=1S/C7H11NO5S/c9-1-3-4(10)5(11)6(12)7(13-3)8-2-14/h3-7,9-12H,1H2/t3-,4+,5+,6-,7?/m1/s1. The van der Waals surface area contributed by atoms with Gasteiger partial charge in [0, 0.05) is 0 Å². The first kappa shape index (κ1) is 11.7. The van der Waals surface area contributed by atoms with E-state index >= 15 is 0 Å². The fraction of sp³-hybridized carbons (Fsp3) is 0.857. The SMILES string of the molecule is OC[C@H]1OC(N=C=S)[C@H](O)[C@@H](O)[C@H]1O. The highest BCUT2D eigenvalue weighted by Crippen LogP contribution is 2.21. The summed E-state index contributed by atoms with van der Waals surface area (Å²) in [5.74, 6) is 0. The van der Waals surface area contributed by atoms with Crippen molar-refractivity contribution >= 4 is 17.4 Å². The quantitative estimate of drug-likeness (QED) is 0.314. The zero-order chi connectivity index (χ0) is 10.7. The van der Waals surface area contributed by atoms with Crippen molar-refractivity contribution in [1.29, 1.82) is 0 Å². The van der Waals surface area contributed by atoms with Crippen molar-refractivity contribution in [2.45, 2.75) is 30.6 Å². The maximum absolute atomic E-state index is 9.36. The molecule has 0 bridgehead atoms. The molecule has 0 spiro atoms. The predicted molar refractivity (Wildman–Crippen MR) is 48.8 cm³/mol. The highest BCUT2D eigenvalue weighted by atomic mass is 32.1. The number of aliphatic hydroxyl groups excluding tert-OH is 4. The van der Waals surface area contributed by atoms with Gasteiger partial charge < -0.3 is 25.2 Å². The normalized spacial score (nSPS) is 43.0. The van der Waals surface area contributed by atoms with Crippen LogP contribution in [0.25, 0.3) is 0 Å². The summed E-state index contributed by atoms with van der Waals surface area (Å²) in [6, 6.07) is 0.